The predicted octanol–water partition coefficient (Wildman–Crippen LogP) is 3.38. The van der Waals surface area contributed by atoms with E-state index in [-0.39, 0.29) is 0 Å². The van der Waals surface area contributed by atoms with Crippen molar-refractivity contribution in [2.45, 2.75) is 58.4 Å². The van der Waals surface area contributed by atoms with E-state index in [1.54, 1.807) is 5.56 Å². The minimum atomic E-state index is 0.388. The molecular weight excluding hydrogens is 244 g/mol. The van der Waals surface area contributed by atoms with Crippen LogP contribution in [-0.2, 0) is 5.41 Å². The van der Waals surface area contributed by atoms with Crippen LogP contribution in [0.2, 0.25) is 0 Å². The van der Waals surface area contributed by atoms with Gasteiger partial charge in [0.1, 0.15) is 0 Å². The Balaban J connectivity index is 1.88. The van der Waals surface area contributed by atoms with Crippen molar-refractivity contribution in [3.8, 4) is 0 Å². The van der Waals surface area contributed by atoms with Crippen LogP contribution in [0.15, 0.2) is 6.07 Å². The second-order valence-corrected chi connectivity index (χ2v) is 7.70. The van der Waals surface area contributed by atoms with Crippen LogP contribution in [0.1, 0.15) is 48.7 Å². The van der Waals surface area contributed by atoms with Crippen molar-refractivity contribution in [3.05, 3.63) is 28.6 Å². The van der Waals surface area contributed by atoms with Gasteiger partial charge in [-0.05, 0) is 76.0 Å². The van der Waals surface area contributed by atoms with Crippen molar-refractivity contribution < 1.29 is 0 Å². The zero-order chi connectivity index (χ0) is 14.1. The molecule has 4 aliphatic rings. The van der Waals surface area contributed by atoms with E-state index in [1.807, 2.05) is 0 Å². The van der Waals surface area contributed by atoms with Crippen LogP contribution in [0.3, 0.4) is 0 Å². The van der Waals surface area contributed by atoms with Gasteiger partial charge in [0, 0.05) is 35.9 Å². The molecule has 0 radical (unpaired) electrons. The molecule has 0 spiro atoms. The summed E-state index contributed by atoms with van der Waals surface area (Å²) in [5, 5.41) is 0. The van der Waals surface area contributed by atoms with Crippen LogP contribution in [0, 0.1) is 32.6 Å². The highest BCUT2D eigenvalue weighted by molar-refractivity contribution is 5.41. The third-order valence-corrected chi connectivity index (χ3v) is 6.33. The molecule has 3 saturated heterocycles. The Morgan fingerprint density at radius 3 is 2.40 bits per heavy atom. The molecule has 5 rings (SSSR count). The summed E-state index contributed by atoms with van der Waals surface area (Å²) in [6.07, 6.45) is 4.27. The number of hydrogen-bond acceptors (Lipinski definition) is 2. The number of piperidine rings is 3. The predicted molar refractivity (Wildman–Crippen MR) is 82.0 cm³/mol. The zero-order valence-electron chi connectivity index (χ0n) is 13.2. The Kier molecular flexibility index (Phi) is 2.61. The smallest absolute Gasteiger partial charge is 0.0416 e. The first-order valence-corrected chi connectivity index (χ1v) is 8.19. The SMILES string of the molecule is Cc1cc(C)c(C23CC4CC(CN(C4)[C@@H]2C)C3)c(C)n1. The summed E-state index contributed by atoms with van der Waals surface area (Å²) in [6.45, 7) is 11.8. The van der Waals surface area contributed by atoms with Crippen LogP contribution in [0.5, 0.6) is 0 Å². The first-order chi connectivity index (χ1) is 9.49. The molecule has 4 bridgehead atoms. The Morgan fingerprint density at radius 2 is 1.80 bits per heavy atom. The Bertz CT molecular complexity index is 526. The van der Waals surface area contributed by atoms with Gasteiger partial charge in [-0.15, -0.1) is 0 Å². The maximum atomic E-state index is 4.81. The Morgan fingerprint density at radius 1 is 1.15 bits per heavy atom. The third-order valence-electron chi connectivity index (χ3n) is 6.33. The van der Waals surface area contributed by atoms with Crippen LogP contribution in [0.4, 0.5) is 0 Å². The molecule has 0 amide bonds. The van der Waals surface area contributed by atoms with E-state index >= 15 is 0 Å². The topological polar surface area (TPSA) is 16.1 Å². The van der Waals surface area contributed by atoms with Crippen LogP contribution >= 0.6 is 0 Å². The van der Waals surface area contributed by atoms with Gasteiger partial charge in [-0.25, -0.2) is 0 Å². The molecule has 108 valence electrons. The van der Waals surface area contributed by atoms with Crippen molar-refractivity contribution in [3.63, 3.8) is 0 Å². The Hall–Kier alpha value is -0.890. The van der Waals surface area contributed by atoms with Crippen LogP contribution in [-0.4, -0.2) is 29.0 Å². The molecule has 0 N–H and O–H groups in total. The average molecular weight is 270 g/mol. The molecule has 2 unspecified atom stereocenters. The largest absolute Gasteiger partial charge is 0.299 e. The molecule has 4 heterocycles. The number of aryl methyl sites for hydroxylation is 3. The van der Waals surface area contributed by atoms with E-state index in [2.05, 4.69) is 38.7 Å². The highest BCUT2D eigenvalue weighted by Gasteiger charge is 2.56. The fourth-order valence-electron chi connectivity index (χ4n) is 5.96. The highest BCUT2D eigenvalue weighted by Crippen LogP contribution is 2.56. The minimum absolute atomic E-state index is 0.388. The van der Waals surface area contributed by atoms with E-state index in [4.69, 9.17) is 4.98 Å². The second kappa shape index (κ2) is 4.07. The summed E-state index contributed by atoms with van der Waals surface area (Å²) in [5.74, 6) is 1.86. The third kappa shape index (κ3) is 1.57. The number of aromatic nitrogens is 1. The molecule has 3 atom stereocenters. The van der Waals surface area contributed by atoms with E-state index in [9.17, 15) is 0 Å². The number of pyridine rings is 1. The van der Waals surface area contributed by atoms with E-state index in [0.717, 1.165) is 11.8 Å². The summed E-state index contributed by atoms with van der Waals surface area (Å²) in [6, 6.07) is 2.99. The Labute approximate surface area is 122 Å². The maximum absolute atomic E-state index is 4.81. The fourth-order valence-corrected chi connectivity index (χ4v) is 5.96. The summed E-state index contributed by atoms with van der Waals surface area (Å²) in [7, 11) is 0. The van der Waals surface area contributed by atoms with Gasteiger partial charge in [0.2, 0.25) is 0 Å². The minimum Gasteiger partial charge on any atom is -0.299 e. The summed E-state index contributed by atoms with van der Waals surface area (Å²) < 4.78 is 0. The summed E-state index contributed by atoms with van der Waals surface area (Å²) in [5.41, 5.74) is 5.91. The van der Waals surface area contributed by atoms with Gasteiger partial charge in [-0.3, -0.25) is 9.88 Å². The van der Waals surface area contributed by atoms with Crippen molar-refractivity contribution >= 4 is 0 Å². The maximum Gasteiger partial charge on any atom is 0.0416 e. The van der Waals surface area contributed by atoms with Crippen LogP contribution < -0.4 is 0 Å². The quantitative estimate of drug-likeness (QED) is 0.777. The molecule has 1 aromatic heterocycles. The fraction of sp³-hybridized carbons (Fsp3) is 0.722. The van der Waals surface area contributed by atoms with E-state index in [0.29, 0.717) is 11.5 Å². The number of hydrogen-bond donors (Lipinski definition) is 0. The highest BCUT2D eigenvalue weighted by atomic mass is 15.2. The zero-order valence-corrected chi connectivity index (χ0v) is 13.2. The molecule has 3 aliphatic heterocycles. The molecule has 1 aliphatic carbocycles. The van der Waals surface area contributed by atoms with E-state index in [1.165, 1.54) is 49.3 Å². The van der Waals surface area contributed by atoms with Crippen molar-refractivity contribution in [2.24, 2.45) is 11.8 Å². The van der Waals surface area contributed by atoms with Gasteiger partial charge in [0.05, 0.1) is 0 Å². The molecule has 4 fully saturated rings. The first-order valence-electron chi connectivity index (χ1n) is 8.19. The lowest BCUT2D eigenvalue weighted by molar-refractivity contribution is -0.0792. The van der Waals surface area contributed by atoms with Crippen molar-refractivity contribution in [2.75, 3.05) is 13.1 Å². The van der Waals surface area contributed by atoms with Crippen LogP contribution in [0.25, 0.3) is 0 Å². The lowest BCUT2D eigenvalue weighted by atomic mass is 9.53. The summed E-state index contributed by atoms with van der Waals surface area (Å²) in [4.78, 5) is 7.58. The normalized spacial score (nSPS) is 42.2. The first kappa shape index (κ1) is 12.8. The van der Waals surface area contributed by atoms with Gasteiger partial charge >= 0.3 is 0 Å². The van der Waals surface area contributed by atoms with Gasteiger partial charge in [-0.2, -0.15) is 0 Å². The van der Waals surface area contributed by atoms with Crippen molar-refractivity contribution in [1.29, 1.82) is 0 Å². The molecule has 0 aromatic carbocycles. The number of rotatable bonds is 1. The van der Waals surface area contributed by atoms with Crippen molar-refractivity contribution in [1.82, 2.24) is 9.88 Å². The monoisotopic (exact) mass is 270 g/mol. The molecule has 20 heavy (non-hydrogen) atoms. The lowest BCUT2D eigenvalue weighted by Gasteiger charge is -2.62. The molecular formula is C18H26N2. The van der Waals surface area contributed by atoms with Gasteiger partial charge < -0.3 is 0 Å². The van der Waals surface area contributed by atoms with Gasteiger partial charge in [-0.1, -0.05) is 0 Å². The second-order valence-electron chi connectivity index (χ2n) is 7.70. The standard InChI is InChI=1S/C18H26N2/c1-11-5-12(2)19-13(3)17(11)18-7-15-6-16(8-18)10-20(9-15)14(18)4/h5,14-16H,6-10H2,1-4H3/t14-,15?,16?,18?/m1/s1. The molecule has 2 nitrogen and oxygen atoms in total. The van der Waals surface area contributed by atoms with Gasteiger partial charge in [0.25, 0.3) is 0 Å². The molecule has 2 heteroatoms. The molecule has 1 saturated carbocycles. The van der Waals surface area contributed by atoms with E-state index < -0.39 is 0 Å². The summed E-state index contributed by atoms with van der Waals surface area (Å²) >= 11 is 0. The average Bonchev–Trinajstić information content (AvgIpc) is 2.33. The number of nitrogens with zero attached hydrogens (tertiary/aromatic N) is 2. The molecule has 1 aromatic rings. The van der Waals surface area contributed by atoms with Gasteiger partial charge in [0.15, 0.2) is 0 Å². The lowest BCUT2D eigenvalue weighted by Crippen LogP contribution is -2.65.